The fraction of sp³-hybridized carbons (Fsp3) is 0.538. The van der Waals surface area contributed by atoms with Crippen molar-refractivity contribution in [3.63, 3.8) is 0 Å². The maximum atomic E-state index is 13.6. The topological polar surface area (TPSA) is 106 Å². The summed E-state index contributed by atoms with van der Waals surface area (Å²) in [7, 11) is 0. The summed E-state index contributed by atoms with van der Waals surface area (Å²) in [5.41, 5.74) is 1.59. The third-order valence-electron chi connectivity index (χ3n) is 4.16. The second-order valence-corrected chi connectivity index (χ2v) is 7.44. The number of aliphatic hydroxyl groups is 1. The number of hydrogen-bond acceptors (Lipinski definition) is 8. The Hall–Kier alpha value is -0.520. The third kappa shape index (κ3) is 3.15. The minimum absolute atomic E-state index is 0. The summed E-state index contributed by atoms with van der Waals surface area (Å²) >= 11 is 2.52. The fourth-order valence-corrected chi connectivity index (χ4v) is 4.80. The van der Waals surface area contributed by atoms with Crippen LogP contribution < -0.4 is 34.7 Å². The molecule has 1 fully saturated rings. The number of aromatic nitrogens is 2. The first-order valence-electron chi connectivity index (χ1n) is 6.87. The molecule has 7 nitrogen and oxygen atoms in total. The van der Waals surface area contributed by atoms with Gasteiger partial charge in [-0.1, -0.05) is 23.1 Å². The van der Waals surface area contributed by atoms with Gasteiger partial charge in [-0.25, -0.2) is 0 Å². The largest absolute Gasteiger partial charge is 1.00 e. The first-order chi connectivity index (χ1) is 11.0. The van der Waals surface area contributed by atoms with Crippen molar-refractivity contribution in [3.8, 4) is 0 Å². The van der Waals surface area contributed by atoms with Gasteiger partial charge in [0, 0.05) is 11.7 Å². The average molecular weight is 381 g/mol. The molecule has 1 saturated heterocycles. The molecule has 4 atom stereocenters. The van der Waals surface area contributed by atoms with E-state index in [1.807, 2.05) is 0 Å². The van der Waals surface area contributed by atoms with E-state index in [9.17, 15) is 24.2 Å². The number of thioether (sulfide) groups is 1. The molecule has 2 aliphatic rings. The van der Waals surface area contributed by atoms with Crippen molar-refractivity contribution < 1.29 is 53.7 Å². The maximum absolute atomic E-state index is 13.6. The number of carboxylic acids is 1. The fourth-order valence-electron chi connectivity index (χ4n) is 3.20. The molecule has 0 aromatic carbocycles. The zero-order valence-corrected chi connectivity index (χ0v) is 16.6. The van der Waals surface area contributed by atoms with Gasteiger partial charge in [-0.15, -0.1) is 10.2 Å². The van der Waals surface area contributed by atoms with Gasteiger partial charge in [0.25, 0.3) is 0 Å². The van der Waals surface area contributed by atoms with E-state index in [-0.39, 0.29) is 41.0 Å². The molecule has 3 heterocycles. The van der Waals surface area contributed by atoms with E-state index in [2.05, 4.69) is 10.2 Å². The van der Waals surface area contributed by atoms with Crippen LogP contribution in [0.3, 0.4) is 0 Å². The van der Waals surface area contributed by atoms with Gasteiger partial charge in [-0.3, -0.25) is 9.18 Å². The molecule has 0 spiro atoms. The van der Waals surface area contributed by atoms with E-state index in [1.165, 1.54) is 35.5 Å². The number of β-lactam (4-membered cyclic amide) rings is 1. The number of carbonyl (C=O) groups excluding carboxylic acids is 2. The zero-order valence-electron chi connectivity index (χ0n) is 13.0. The van der Waals surface area contributed by atoms with Crippen LogP contribution in [-0.4, -0.2) is 56.7 Å². The molecule has 2 aliphatic heterocycles. The molecule has 0 radical (unpaired) electrons. The molecule has 1 N–H and O–H groups in total. The van der Waals surface area contributed by atoms with Crippen molar-refractivity contribution in [2.45, 2.75) is 23.4 Å². The molecule has 1 amide bonds. The molecular weight excluding hydrogens is 368 g/mol. The molecule has 0 unspecified atom stereocenters. The number of halogens is 1. The van der Waals surface area contributed by atoms with Crippen LogP contribution in [0.25, 0.3) is 0 Å². The molecular formula is C13H13FN3NaO4S2. The Labute approximate surface area is 167 Å². The first-order valence-corrected chi connectivity index (χ1v) is 8.74. The summed E-state index contributed by atoms with van der Waals surface area (Å²) < 4.78 is 14.2. The van der Waals surface area contributed by atoms with Gasteiger partial charge in [0.2, 0.25) is 5.91 Å². The minimum atomic E-state index is -1.50. The number of alkyl halides is 1. The molecule has 0 bridgehead atoms. The summed E-state index contributed by atoms with van der Waals surface area (Å²) in [6, 6.07) is -0.662. The zero-order chi connectivity index (χ0) is 16.7. The number of nitrogens with zero attached hydrogens (tertiary/aromatic N) is 3. The van der Waals surface area contributed by atoms with Crippen molar-refractivity contribution in [2.24, 2.45) is 11.8 Å². The second kappa shape index (κ2) is 7.79. The van der Waals surface area contributed by atoms with Gasteiger partial charge in [-0.05, 0) is 12.5 Å². The summed E-state index contributed by atoms with van der Waals surface area (Å²) in [5, 5.41) is 28.7. The smallest absolute Gasteiger partial charge is 0.543 e. The number of aliphatic hydroxyl groups excluding tert-OH is 1. The quantitative estimate of drug-likeness (QED) is 0.309. The van der Waals surface area contributed by atoms with Gasteiger partial charge in [0.1, 0.15) is 5.51 Å². The van der Waals surface area contributed by atoms with E-state index < -0.39 is 42.5 Å². The average Bonchev–Trinajstić information content (AvgIpc) is 3.08. The van der Waals surface area contributed by atoms with Crippen molar-refractivity contribution in [3.05, 3.63) is 16.8 Å². The predicted octanol–water partition coefficient (Wildman–Crippen LogP) is -3.55. The number of carboxylic acid groups (broad SMARTS) is 1. The number of carbonyl (C=O) groups is 2. The van der Waals surface area contributed by atoms with Crippen LogP contribution in [0.15, 0.2) is 21.1 Å². The Morgan fingerprint density at radius 3 is 2.83 bits per heavy atom. The van der Waals surface area contributed by atoms with Crippen LogP contribution in [0.4, 0.5) is 4.39 Å². The molecule has 1 aromatic heterocycles. The Bertz CT molecular complexity index is 670. The normalized spacial score (nSPS) is 26.7. The van der Waals surface area contributed by atoms with Crippen LogP contribution in [0, 0.1) is 11.8 Å². The molecule has 0 saturated carbocycles. The molecule has 124 valence electrons. The standard InChI is InChI=1S/C13H14FN3O4S2.Na/c1-5(18)8-9-6(2-14)7(3-22-13-16-15-4-23-13)10(12(20)21)17(9)11(8)19;/h4-6,8-9,18H,2-3H2,1H3,(H,20,21);/q;+1/p-1/t5-,6+,8-,9-;/m1./s1. The SMILES string of the molecule is C[C@@H](O)[C@H]1C(=O)N2C(C(=O)[O-])=C(CSc3nncs3)[C@H](CF)[C@H]12.[Na+]. The predicted molar refractivity (Wildman–Crippen MR) is 77.9 cm³/mol. The van der Waals surface area contributed by atoms with Crippen LogP contribution in [0.5, 0.6) is 0 Å². The number of aliphatic carboxylic acids is 1. The van der Waals surface area contributed by atoms with Crippen molar-refractivity contribution in [2.75, 3.05) is 12.4 Å². The molecule has 0 aliphatic carbocycles. The van der Waals surface area contributed by atoms with E-state index >= 15 is 0 Å². The first kappa shape index (κ1) is 19.8. The Balaban J connectivity index is 0.00000208. The second-order valence-electron chi connectivity index (χ2n) is 5.38. The van der Waals surface area contributed by atoms with Gasteiger partial charge in [0.05, 0.1) is 36.4 Å². The van der Waals surface area contributed by atoms with Gasteiger partial charge in [0.15, 0.2) is 4.34 Å². The number of rotatable bonds is 6. The van der Waals surface area contributed by atoms with Crippen LogP contribution in [0.2, 0.25) is 0 Å². The summed E-state index contributed by atoms with van der Waals surface area (Å²) in [6.07, 6.45) is -0.962. The van der Waals surface area contributed by atoms with Crippen molar-refractivity contribution in [1.29, 1.82) is 0 Å². The van der Waals surface area contributed by atoms with E-state index in [4.69, 9.17) is 0 Å². The van der Waals surface area contributed by atoms with Crippen LogP contribution in [0.1, 0.15) is 6.92 Å². The molecule has 3 rings (SSSR count). The minimum Gasteiger partial charge on any atom is -0.543 e. The van der Waals surface area contributed by atoms with E-state index in [0.717, 1.165) is 4.90 Å². The molecule has 1 aromatic rings. The van der Waals surface area contributed by atoms with E-state index in [0.29, 0.717) is 9.91 Å². The maximum Gasteiger partial charge on any atom is 1.00 e. The van der Waals surface area contributed by atoms with Gasteiger partial charge < -0.3 is 19.9 Å². The summed E-state index contributed by atoms with van der Waals surface area (Å²) in [4.78, 5) is 24.7. The Kier molecular flexibility index (Phi) is 6.43. The summed E-state index contributed by atoms with van der Waals surface area (Å²) in [5.74, 6) is -3.36. The number of amides is 1. The number of fused-ring (bicyclic) bond motifs is 1. The van der Waals surface area contributed by atoms with Crippen LogP contribution >= 0.6 is 23.1 Å². The van der Waals surface area contributed by atoms with Gasteiger partial charge >= 0.3 is 29.6 Å². The van der Waals surface area contributed by atoms with E-state index in [1.54, 1.807) is 0 Å². The molecule has 11 heteroatoms. The van der Waals surface area contributed by atoms with Crippen molar-refractivity contribution >= 4 is 35.0 Å². The van der Waals surface area contributed by atoms with Crippen LogP contribution in [-0.2, 0) is 9.59 Å². The molecule has 24 heavy (non-hydrogen) atoms. The van der Waals surface area contributed by atoms with Crippen molar-refractivity contribution in [1.82, 2.24) is 15.1 Å². The summed E-state index contributed by atoms with van der Waals surface area (Å²) in [6.45, 7) is 0.641. The monoisotopic (exact) mass is 381 g/mol. The third-order valence-corrected chi connectivity index (χ3v) is 6.07. The Morgan fingerprint density at radius 1 is 1.62 bits per heavy atom. The Morgan fingerprint density at radius 2 is 2.33 bits per heavy atom. The number of hydrogen-bond donors (Lipinski definition) is 1. The van der Waals surface area contributed by atoms with Gasteiger partial charge in [-0.2, -0.15) is 0 Å².